The van der Waals surface area contributed by atoms with Crippen LogP contribution < -0.4 is 5.32 Å². The van der Waals surface area contributed by atoms with Crippen molar-refractivity contribution in [2.24, 2.45) is 0 Å². The lowest BCUT2D eigenvalue weighted by Gasteiger charge is -2.10. The summed E-state index contributed by atoms with van der Waals surface area (Å²) in [4.78, 5) is 10.5. The van der Waals surface area contributed by atoms with Crippen molar-refractivity contribution in [3.8, 4) is 0 Å². The van der Waals surface area contributed by atoms with E-state index in [0.29, 0.717) is 6.54 Å². The predicted molar refractivity (Wildman–Crippen MR) is 55.3 cm³/mol. The molecular formula is C10H21NO3. The van der Waals surface area contributed by atoms with E-state index in [9.17, 15) is 4.79 Å². The second-order valence-corrected chi connectivity index (χ2v) is 3.44. The lowest BCUT2D eigenvalue weighted by molar-refractivity contribution is -0.140. The molecule has 0 saturated heterocycles. The van der Waals surface area contributed by atoms with E-state index in [-0.39, 0.29) is 6.61 Å². The van der Waals surface area contributed by atoms with Crippen molar-refractivity contribution >= 4 is 5.97 Å². The second-order valence-electron chi connectivity index (χ2n) is 3.44. The Balaban J connectivity index is 3.29. The Kier molecular flexibility index (Phi) is 8.57. The number of aliphatic hydroxyl groups is 1. The number of carboxylic acid groups (broad SMARTS) is 1. The van der Waals surface area contributed by atoms with Gasteiger partial charge in [-0.25, -0.2) is 0 Å². The molecule has 0 aliphatic rings. The molecule has 84 valence electrons. The first-order chi connectivity index (χ1) is 6.72. The SMILES string of the molecule is CCCCCCCNC(CO)C(=O)O. The molecule has 0 rings (SSSR count). The van der Waals surface area contributed by atoms with E-state index >= 15 is 0 Å². The maximum Gasteiger partial charge on any atom is 0.323 e. The molecule has 0 aromatic heterocycles. The molecule has 1 unspecified atom stereocenters. The highest BCUT2D eigenvalue weighted by molar-refractivity contribution is 5.73. The van der Waals surface area contributed by atoms with Crippen molar-refractivity contribution in [2.75, 3.05) is 13.2 Å². The molecule has 14 heavy (non-hydrogen) atoms. The van der Waals surface area contributed by atoms with Gasteiger partial charge in [0.15, 0.2) is 0 Å². The number of nitrogens with one attached hydrogen (secondary N) is 1. The molecule has 0 amide bonds. The van der Waals surface area contributed by atoms with Crippen LogP contribution in [0, 0.1) is 0 Å². The van der Waals surface area contributed by atoms with Gasteiger partial charge in [-0.05, 0) is 13.0 Å². The molecule has 0 aromatic carbocycles. The topological polar surface area (TPSA) is 69.6 Å². The molecule has 0 saturated carbocycles. The van der Waals surface area contributed by atoms with Crippen LogP contribution in [0.4, 0.5) is 0 Å². The zero-order valence-corrected chi connectivity index (χ0v) is 8.83. The molecule has 0 aliphatic heterocycles. The summed E-state index contributed by atoms with van der Waals surface area (Å²) in [5, 5.41) is 20.1. The smallest absolute Gasteiger partial charge is 0.323 e. The van der Waals surface area contributed by atoms with Crippen LogP contribution in [0.1, 0.15) is 39.0 Å². The van der Waals surface area contributed by atoms with Crippen molar-refractivity contribution in [2.45, 2.75) is 45.1 Å². The molecule has 4 heteroatoms. The minimum atomic E-state index is -0.985. The number of aliphatic carboxylic acids is 1. The molecule has 4 nitrogen and oxygen atoms in total. The number of hydrogen-bond donors (Lipinski definition) is 3. The van der Waals surface area contributed by atoms with E-state index in [1.807, 2.05) is 0 Å². The first-order valence-corrected chi connectivity index (χ1v) is 5.29. The van der Waals surface area contributed by atoms with Crippen LogP contribution in [0.5, 0.6) is 0 Å². The average Bonchev–Trinajstić information content (AvgIpc) is 2.16. The quantitative estimate of drug-likeness (QED) is 0.489. The summed E-state index contributed by atoms with van der Waals surface area (Å²) < 4.78 is 0. The third kappa shape index (κ3) is 6.86. The monoisotopic (exact) mass is 203 g/mol. The van der Waals surface area contributed by atoms with Gasteiger partial charge >= 0.3 is 5.97 Å². The van der Waals surface area contributed by atoms with Crippen molar-refractivity contribution in [1.29, 1.82) is 0 Å². The Morgan fingerprint density at radius 3 is 2.43 bits per heavy atom. The third-order valence-corrected chi connectivity index (χ3v) is 2.15. The van der Waals surface area contributed by atoms with Gasteiger partial charge in [-0.3, -0.25) is 4.79 Å². The number of unbranched alkanes of at least 4 members (excludes halogenated alkanes) is 4. The Hall–Kier alpha value is -0.610. The number of rotatable bonds is 9. The fourth-order valence-corrected chi connectivity index (χ4v) is 1.23. The van der Waals surface area contributed by atoms with E-state index in [1.54, 1.807) is 0 Å². The molecule has 1 atom stereocenters. The summed E-state index contributed by atoms with van der Waals surface area (Å²) in [5.74, 6) is -0.985. The third-order valence-electron chi connectivity index (χ3n) is 2.15. The van der Waals surface area contributed by atoms with Gasteiger partial charge in [0.1, 0.15) is 6.04 Å². The molecule has 0 heterocycles. The summed E-state index contributed by atoms with van der Waals surface area (Å²) >= 11 is 0. The molecule has 0 spiro atoms. The van der Waals surface area contributed by atoms with Crippen LogP contribution in [-0.2, 0) is 4.79 Å². The van der Waals surface area contributed by atoms with Gasteiger partial charge in [0, 0.05) is 0 Å². The number of aliphatic hydroxyl groups excluding tert-OH is 1. The van der Waals surface area contributed by atoms with Crippen molar-refractivity contribution in [3.05, 3.63) is 0 Å². The number of carboxylic acids is 1. The largest absolute Gasteiger partial charge is 0.480 e. The standard InChI is InChI=1S/C10H21NO3/c1-2-3-4-5-6-7-11-9(8-12)10(13)14/h9,11-12H,2-8H2,1H3,(H,13,14). The molecule has 0 aliphatic carbocycles. The summed E-state index contributed by atoms with van der Waals surface area (Å²) in [7, 11) is 0. The van der Waals surface area contributed by atoms with Crippen LogP contribution in [0.3, 0.4) is 0 Å². The Morgan fingerprint density at radius 1 is 1.29 bits per heavy atom. The van der Waals surface area contributed by atoms with Gasteiger partial charge in [-0.2, -0.15) is 0 Å². The fraction of sp³-hybridized carbons (Fsp3) is 0.900. The molecule has 3 N–H and O–H groups in total. The highest BCUT2D eigenvalue weighted by atomic mass is 16.4. The minimum Gasteiger partial charge on any atom is -0.480 e. The normalized spacial score (nSPS) is 12.7. The maximum absolute atomic E-state index is 10.5. The highest BCUT2D eigenvalue weighted by Crippen LogP contribution is 2.01. The van der Waals surface area contributed by atoms with Crippen molar-refractivity contribution in [1.82, 2.24) is 5.32 Å². The van der Waals surface area contributed by atoms with E-state index in [0.717, 1.165) is 12.8 Å². The van der Waals surface area contributed by atoms with E-state index < -0.39 is 12.0 Å². The van der Waals surface area contributed by atoms with Crippen molar-refractivity contribution < 1.29 is 15.0 Å². The van der Waals surface area contributed by atoms with Crippen LogP contribution in [0.25, 0.3) is 0 Å². The van der Waals surface area contributed by atoms with Gasteiger partial charge in [-0.1, -0.05) is 32.6 Å². The summed E-state index contributed by atoms with van der Waals surface area (Å²) in [6, 6.07) is -0.804. The van der Waals surface area contributed by atoms with Gasteiger partial charge in [0.05, 0.1) is 6.61 Å². The van der Waals surface area contributed by atoms with Crippen molar-refractivity contribution in [3.63, 3.8) is 0 Å². The minimum absolute atomic E-state index is 0.343. The fourth-order valence-electron chi connectivity index (χ4n) is 1.23. The highest BCUT2D eigenvalue weighted by Gasteiger charge is 2.13. The van der Waals surface area contributed by atoms with E-state index in [1.165, 1.54) is 19.3 Å². The second kappa shape index (κ2) is 8.97. The molecule has 0 aromatic rings. The molecule has 0 radical (unpaired) electrons. The van der Waals surface area contributed by atoms with Crippen LogP contribution in [0.15, 0.2) is 0 Å². The number of carbonyl (C=O) groups is 1. The van der Waals surface area contributed by atoms with Gasteiger partial charge in [0.2, 0.25) is 0 Å². The summed E-state index contributed by atoms with van der Waals surface area (Å²) in [5.41, 5.74) is 0. The predicted octanol–water partition coefficient (Wildman–Crippen LogP) is 0.992. The Morgan fingerprint density at radius 2 is 1.93 bits per heavy atom. The zero-order valence-electron chi connectivity index (χ0n) is 8.83. The Labute approximate surface area is 85.3 Å². The van der Waals surface area contributed by atoms with Gasteiger partial charge < -0.3 is 15.5 Å². The molecule has 0 bridgehead atoms. The van der Waals surface area contributed by atoms with Gasteiger partial charge in [-0.15, -0.1) is 0 Å². The first-order valence-electron chi connectivity index (χ1n) is 5.29. The molecule has 0 fully saturated rings. The summed E-state index contributed by atoms with van der Waals surface area (Å²) in [6.07, 6.45) is 5.75. The molecular weight excluding hydrogens is 182 g/mol. The lowest BCUT2D eigenvalue weighted by atomic mass is 10.1. The number of hydrogen-bond acceptors (Lipinski definition) is 3. The van der Waals surface area contributed by atoms with E-state index in [4.69, 9.17) is 10.2 Å². The summed E-state index contributed by atoms with van der Waals surface area (Å²) in [6.45, 7) is 2.48. The van der Waals surface area contributed by atoms with E-state index in [2.05, 4.69) is 12.2 Å². The zero-order chi connectivity index (χ0) is 10.8. The van der Waals surface area contributed by atoms with Crippen LogP contribution in [-0.4, -0.2) is 35.4 Å². The lowest BCUT2D eigenvalue weighted by Crippen LogP contribution is -2.40. The first kappa shape index (κ1) is 13.4. The Bertz CT molecular complexity index is 150. The van der Waals surface area contributed by atoms with Crippen LogP contribution >= 0.6 is 0 Å². The maximum atomic E-state index is 10.5. The average molecular weight is 203 g/mol. The van der Waals surface area contributed by atoms with Gasteiger partial charge in [0.25, 0.3) is 0 Å². The van der Waals surface area contributed by atoms with Crippen LogP contribution in [0.2, 0.25) is 0 Å².